The fourth-order valence-electron chi connectivity index (χ4n) is 1.66. The van der Waals surface area contributed by atoms with E-state index in [9.17, 15) is 8.42 Å². The van der Waals surface area contributed by atoms with Crippen molar-refractivity contribution in [2.45, 2.75) is 19.0 Å². The maximum Gasteiger partial charge on any atom is 0.328 e. The van der Waals surface area contributed by atoms with E-state index in [0.717, 1.165) is 11.1 Å². The van der Waals surface area contributed by atoms with Crippen LogP contribution < -0.4 is 0 Å². The first-order valence-electron chi connectivity index (χ1n) is 4.72. The maximum atomic E-state index is 11.1. The van der Waals surface area contributed by atoms with Crippen LogP contribution in [-0.4, -0.2) is 22.5 Å². The van der Waals surface area contributed by atoms with Crippen LogP contribution in [0.1, 0.15) is 11.1 Å². The van der Waals surface area contributed by atoms with Crippen molar-refractivity contribution in [3.05, 3.63) is 23.3 Å². The van der Waals surface area contributed by atoms with Crippen LogP contribution in [0.3, 0.4) is 0 Å². The summed E-state index contributed by atoms with van der Waals surface area (Å²) in [7, 11) is -2.71. The van der Waals surface area contributed by atoms with Gasteiger partial charge in [-0.1, -0.05) is 0 Å². The Morgan fingerprint density at radius 3 is 2.38 bits per heavy atom. The van der Waals surface area contributed by atoms with E-state index >= 15 is 0 Å². The Labute approximate surface area is 93.5 Å². The minimum Gasteiger partial charge on any atom is -0.316 e. The lowest BCUT2D eigenvalue weighted by Gasteiger charge is -2.01. The predicted molar refractivity (Wildman–Crippen MR) is 60.0 cm³/mol. The third-order valence-corrected chi connectivity index (χ3v) is 3.51. The van der Waals surface area contributed by atoms with Crippen LogP contribution in [0.2, 0.25) is 0 Å². The molecule has 0 atom stereocenters. The van der Waals surface area contributed by atoms with Crippen molar-refractivity contribution in [1.82, 2.24) is 9.55 Å². The highest BCUT2D eigenvalue weighted by Gasteiger charge is 2.19. The van der Waals surface area contributed by atoms with Crippen LogP contribution >= 0.6 is 0 Å². The Bertz CT molecular complexity index is 671. The average molecular weight is 240 g/mol. The van der Waals surface area contributed by atoms with Crippen molar-refractivity contribution in [1.29, 1.82) is 0 Å². The molecule has 6 heteroatoms. The summed E-state index contributed by atoms with van der Waals surface area (Å²) in [6.07, 6.45) is 0. The van der Waals surface area contributed by atoms with Crippen LogP contribution in [-0.2, 0) is 17.2 Å². The predicted octanol–water partition coefficient (Wildman–Crippen LogP) is 1.44. The third-order valence-electron chi connectivity index (χ3n) is 2.69. The summed E-state index contributed by atoms with van der Waals surface area (Å²) in [5.74, 6) is 0. The first kappa shape index (κ1) is 11.1. The molecule has 86 valence electrons. The standard InChI is InChI=1S/C10H12N2O3S/c1-6-4-8-9(5-7(6)2)12(3)10(11-8)16(13,14)15/h4-5H,1-3H3,(H,13,14,15). The quantitative estimate of drug-likeness (QED) is 0.765. The van der Waals surface area contributed by atoms with Crippen LogP contribution in [0.15, 0.2) is 17.3 Å². The summed E-state index contributed by atoms with van der Waals surface area (Å²) in [6, 6.07) is 3.66. The molecular weight excluding hydrogens is 228 g/mol. The van der Waals surface area contributed by atoms with E-state index in [1.54, 1.807) is 13.1 Å². The lowest BCUT2D eigenvalue weighted by molar-refractivity contribution is 0.470. The molecule has 1 aromatic carbocycles. The van der Waals surface area contributed by atoms with E-state index in [1.165, 1.54) is 4.57 Å². The second kappa shape index (κ2) is 3.29. The van der Waals surface area contributed by atoms with Gasteiger partial charge in [-0.05, 0) is 37.1 Å². The number of nitrogens with zero attached hydrogens (tertiary/aromatic N) is 2. The van der Waals surface area contributed by atoms with Gasteiger partial charge >= 0.3 is 10.1 Å². The highest BCUT2D eigenvalue weighted by molar-refractivity contribution is 7.85. The van der Waals surface area contributed by atoms with Gasteiger partial charge in [-0.25, -0.2) is 4.98 Å². The third kappa shape index (κ3) is 1.60. The number of hydrogen-bond donors (Lipinski definition) is 1. The molecule has 2 aromatic rings. The Balaban J connectivity index is 2.89. The molecule has 2 rings (SSSR count). The summed E-state index contributed by atoms with van der Waals surface area (Å²) in [4.78, 5) is 3.91. The van der Waals surface area contributed by atoms with Crippen molar-refractivity contribution in [3.63, 3.8) is 0 Å². The SMILES string of the molecule is Cc1cc2nc(S(=O)(=O)O)n(C)c2cc1C. The van der Waals surface area contributed by atoms with Gasteiger partial charge < -0.3 is 4.57 Å². The zero-order valence-corrected chi connectivity index (χ0v) is 10.0. The average Bonchev–Trinajstić information content (AvgIpc) is 2.45. The Kier molecular flexibility index (Phi) is 2.28. The number of imidazole rings is 1. The maximum absolute atomic E-state index is 11.1. The molecular formula is C10H12N2O3S. The normalized spacial score (nSPS) is 12.2. The second-order valence-corrected chi connectivity index (χ2v) is 5.17. The van der Waals surface area contributed by atoms with E-state index in [0.29, 0.717) is 11.0 Å². The summed E-state index contributed by atoms with van der Waals surface area (Å²) in [5, 5.41) is -0.326. The fraction of sp³-hybridized carbons (Fsp3) is 0.300. The van der Waals surface area contributed by atoms with E-state index < -0.39 is 10.1 Å². The van der Waals surface area contributed by atoms with Crippen LogP contribution in [0.25, 0.3) is 11.0 Å². The Morgan fingerprint density at radius 1 is 1.25 bits per heavy atom. The molecule has 0 radical (unpaired) electrons. The molecule has 0 bridgehead atoms. The lowest BCUT2D eigenvalue weighted by Crippen LogP contribution is -2.06. The minimum absolute atomic E-state index is 0.326. The monoisotopic (exact) mass is 240 g/mol. The van der Waals surface area contributed by atoms with E-state index in [1.807, 2.05) is 19.9 Å². The lowest BCUT2D eigenvalue weighted by atomic mass is 10.1. The molecule has 0 unspecified atom stereocenters. The van der Waals surface area contributed by atoms with Gasteiger partial charge in [0.1, 0.15) is 0 Å². The van der Waals surface area contributed by atoms with E-state index in [4.69, 9.17) is 4.55 Å². The molecule has 0 saturated heterocycles. The van der Waals surface area contributed by atoms with Crippen LogP contribution in [0.4, 0.5) is 0 Å². The van der Waals surface area contributed by atoms with Crippen molar-refractivity contribution in [2.75, 3.05) is 0 Å². The fourth-order valence-corrected chi connectivity index (χ4v) is 2.31. The van der Waals surface area contributed by atoms with Crippen LogP contribution in [0, 0.1) is 13.8 Å². The molecule has 1 N–H and O–H groups in total. The molecule has 0 spiro atoms. The summed E-state index contributed by atoms with van der Waals surface area (Å²) in [6.45, 7) is 3.87. The van der Waals surface area contributed by atoms with Gasteiger partial charge in [-0.3, -0.25) is 4.55 Å². The number of fused-ring (bicyclic) bond motifs is 1. The Morgan fingerprint density at radius 2 is 1.81 bits per heavy atom. The molecule has 16 heavy (non-hydrogen) atoms. The molecule has 0 aliphatic rings. The number of benzene rings is 1. The molecule has 1 aromatic heterocycles. The van der Waals surface area contributed by atoms with Gasteiger partial charge in [0.2, 0.25) is 0 Å². The van der Waals surface area contributed by atoms with Gasteiger partial charge in [0.05, 0.1) is 11.0 Å². The van der Waals surface area contributed by atoms with Crippen molar-refractivity contribution in [2.24, 2.45) is 7.05 Å². The van der Waals surface area contributed by atoms with Gasteiger partial charge in [0.25, 0.3) is 5.16 Å². The first-order chi connectivity index (χ1) is 7.30. The zero-order chi connectivity index (χ0) is 12.1. The molecule has 0 saturated carbocycles. The molecule has 1 heterocycles. The van der Waals surface area contributed by atoms with Crippen molar-refractivity contribution >= 4 is 21.2 Å². The van der Waals surface area contributed by atoms with Gasteiger partial charge in [0, 0.05) is 7.05 Å². The minimum atomic E-state index is -4.27. The van der Waals surface area contributed by atoms with Gasteiger partial charge in [-0.15, -0.1) is 0 Å². The smallest absolute Gasteiger partial charge is 0.316 e. The second-order valence-electron chi connectivity index (χ2n) is 3.85. The molecule has 0 aliphatic heterocycles. The van der Waals surface area contributed by atoms with Crippen LogP contribution in [0.5, 0.6) is 0 Å². The van der Waals surface area contributed by atoms with Crippen molar-refractivity contribution < 1.29 is 13.0 Å². The highest BCUT2D eigenvalue weighted by Crippen LogP contribution is 2.21. The molecule has 0 aliphatic carbocycles. The number of aromatic nitrogens is 2. The van der Waals surface area contributed by atoms with Crippen molar-refractivity contribution in [3.8, 4) is 0 Å². The first-order valence-corrected chi connectivity index (χ1v) is 6.16. The molecule has 0 fully saturated rings. The zero-order valence-electron chi connectivity index (χ0n) is 9.22. The van der Waals surface area contributed by atoms with E-state index in [2.05, 4.69) is 4.98 Å². The highest BCUT2D eigenvalue weighted by atomic mass is 32.2. The largest absolute Gasteiger partial charge is 0.328 e. The summed E-state index contributed by atoms with van der Waals surface area (Å²) >= 11 is 0. The summed E-state index contributed by atoms with van der Waals surface area (Å²) < 4.78 is 32.5. The van der Waals surface area contributed by atoms with Gasteiger partial charge in [-0.2, -0.15) is 8.42 Å². The van der Waals surface area contributed by atoms with Gasteiger partial charge in [0.15, 0.2) is 0 Å². The Hall–Kier alpha value is -1.40. The number of hydrogen-bond acceptors (Lipinski definition) is 3. The number of rotatable bonds is 1. The number of aryl methyl sites for hydroxylation is 3. The topological polar surface area (TPSA) is 72.2 Å². The summed E-state index contributed by atoms with van der Waals surface area (Å²) in [5.41, 5.74) is 3.35. The van der Waals surface area contributed by atoms with E-state index in [-0.39, 0.29) is 5.16 Å². The molecule has 0 amide bonds. The molecule has 5 nitrogen and oxygen atoms in total.